The Morgan fingerprint density at radius 3 is 3.05 bits per heavy atom. The van der Waals surface area contributed by atoms with Crippen LogP contribution in [-0.4, -0.2) is 18.6 Å². The Labute approximate surface area is 132 Å². The molecule has 1 aromatic rings. The van der Waals surface area contributed by atoms with Crippen molar-refractivity contribution in [2.75, 3.05) is 6.61 Å². The Bertz CT molecular complexity index is 490. The lowest BCUT2D eigenvalue weighted by molar-refractivity contribution is -0.126. The molecular formula is C17H24ClNO2. The van der Waals surface area contributed by atoms with Crippen LogP contribution in [0.15, 0.2) is 18.2 Å². The van der Waals surface area contributed by atoms with E-state index in [0.717, 1.165) is 24.2 Å². The first-order valence-electron chi connectivity index (χ1n) is 7.81. The predicted molar refractivity (Wildman–Crippen MR) is 85.9 cm³/mol. The van der Waals surface area contributed by atoms with Crippen molar-refractivity contribution in [2.24, 2.45) is 5.92 Å². The van der Waals surface area contributed by atoms with Crippen LogP contribution in [0.4, 0.5) is 0 Å². The van der Waals surface area contributed by atoms with Gasteiger partial charge in [-0.1, -0.05) is 37.8 Å². The molecule has 21 heavy (non-hydrogen) atoms. The van der Waals surface area contributed by atoms with E-state index in [2.05, 4.69) is 19.2 Å². The highest BCUT2D eigenvalue weighted by Gasteiger charge is 2.26. The fourth-order valence-corrected chi connectivity index (χ4v) is 2.86. The molecule has 0 saturated heterocycles. The molecule has 0 bridgehead atoms. The molecule has 2 atom stereocenters. The van der Waals surface area contributed by atoms with Crippen molar-refractivity contribution >= 4 is 17.5 Å². The van der Waals surface area contributed by atoms with Gasteiger partial charge in [-0.05, 0) is 43.5 Å². The maximum absolute atomic E-state index is 12.3. The van der Waals surface area contributed by atoms with E-state index in [4.69, 9.17) is 16.3 Å². The molecule has 0 aliphatic carbocycles. The number of fused-ring (bicyclic) bond motifs is 1. The molecule has 0 aromatic heterocycles. The van der Waals surface area contributed by atoms with Gasteiger partial charge >= 0.3 is 0 Å². The molecule has 0 radical (unpaired) electrons. The topological polar surface area (TPSA) is 38.3 Å². The highest BCUT2D eigenvalue weighted by atomic mass is 35.5. The lowest BCUT2D eigenvalue weighted by atomic mass is 9.95. The first-order chi connectivity index (χ1) is 10.1. The van der Waals surface area contributed by atoms with Gasteiger partial charge < -0.3 is 10.1 Å². The molecule has 3 nitrogen and oxygen atoms in total. The second-order valence-electron chi connectivity index (χ2n) is 5.87. The molecule has 0 unspecified atom stereocenters. The van der Waals surface area contributed by atoms with E-state index < -0.39 is 0 Å². The maximum atomic E-state index is 12.3. The van der Waals surface area contributed by atoms with Crippen molar-refractivity contribution in [3.8, 4) is 5.75 Å². The largest absolute Gasteiger partial charge is 0.492 e. The van der Waals surface area contributed by atoms with Crippen LogP contribution >= 0.6 is 11.6 Å². The highest BCUT2D eigenvalue weighted by molar-refractivity contribution is 6.30. The van der Waals surface area contributed by atoms with Crippen molar-refractivity contribution in [3.05, 3.63) is 28.8 Å². The van der Waals surface area contributed by atoms with Crippen LogP contribution in [0.2, 0.25) is 5.02 Å². The van der Waals surface area contributed by atoms with Gasteiger partial charge in [-0.2, -0.15) is 0 Å². The van der Waals surface area contributed by atoms with E-state index in [0.29, 0.717) is 18.1 Å². The standard InChI is InChI=1S/C17H24ClNO2/c1-3-4-5-6-12(2)19-17(20)14-9-13-10-15(18)7-8-16(13)21-11-14/h7-8,10,12,14H,3-6,9,11H2,1-2H3,(H,19,20)/t12-,14+/m1/s1. The Morgan fingerprint density at radius 1 is 1.48 bits per heavy atom. The van der Waals surface area contributed by atoms with Crippen molar-refractivity contribution in [3.63, 3.8) is 0 Å². The van der Waals surface area contributed by atoms with Crippen molar-refractivity contribution in [2.45, 2.75) is 52.0 Å². The second-order valence-corrected chi connectivity index (χ2v) is 6.31. The van der Waals surface area contributed by atoms with E-state index in [1.165, 1.54) is 12.8 Å². The lowest BCUT2D eigenvalue weighted by Crippen LogP contribution is -2.41. The van der Waals surface area contributed by atoms with Gasteiger partial charge in [0.25, 0.3) is 0 Å². The number of halogens is 1. The minimum absolute atomic E-state index is 0.0876. The molecule has 1 aliphatic heterocycles. The summed E-state index contributed by atoms with van der Waals surface area (Å²) < 4.78 is 5.67. The summed E-state index contributed by atoms with van der Waals surface area (Å²) in [5.74, 6) is 0.814. The van der Waals surface area contributed by atoms with Gasteiger partial charge in [-0.25, -0.2) is 0 Å². The fraction of sp³-hybridized carbons (Fsp3) is 0.588. The van der Waals surface area contributed by atoms with E-state index in [1.54, 1.807) is 0 Å². The number of carbonyl (C=O) groups is 1. The molecule has 1 N–H and O–H groups in total. The Hall–Kier alpha value is -1.22. The van der Waals surface area contributed by atoms with Gasteiger partial charge in [0.1, 0.15) is 12.4 Å². The fourth-order valence-electron chi connectivity index (χ4n) is 2.66. The third-order valence-corrected chi connectivity index (χ3v) is 4.16. The molecule has 1 aliphatic rings. The SMILES string of the molecule is CCCCC[C@@H](C)NC(=O)[C@@H]1COc2ccc(Cl)cc2C1. The number of amides is 1. The monoisotopic (exact) mass is 309 g/mol. The number of hydrogen-bond donors (Lipinski definition) is 1. The van der Waals surface area contributed by atoms with Crippen LogP contribution in [-0.2, 0) is 11.2 Å². The average Bonchev–Trinajstić information content (AvgIpc) is 2.46. The third kappa shape index (κ3) is 4.63. The molecule has 1 aromatic carbocycles. The summed E-state index contributed by atoms with van der Waals surface area (Å²) in [5, 5.41) is 3.79. The lowest BCUT2D eigenvalue weighted by Gasteiger charge is -2.26. The Morgan fingerprint density at radius 2 is 2.29 bits per heavy atom. The minimum atomic E-state index is -0.121. The van der Waals surface area contributed by atoms with Crippen LogP contribution < -0.4 is 10.1 Å². The number of nitrogens with one attached hydrogen (secondary N) is 1. The quantitative estimate of drug-likeness (QED) is 0.807. The zero-order chi connectivity index (χ0) is 15.2. The van der Waals surface area contributed by atoms with Crippen LogP contribution in [0.1, 0.15) is 45.1 Å². The van der Waals surface area contributed by atoms with Crippen molar-refractivity contribution < 1.29 is 9.53 Å². The zero-order valence-electron chi connectivity index (χ0n) is 12.8. The summed E-state index contributed by atoms with van der Waals surface area (Å²) in [6, 6.07) is 5.81. The van der Waals surface area contributed by atoms with Gasteiger partial charge in [0.05, 0.1) is 5.92 Å². The summed E-state index contributed by atoms with van der Waals surface area (Å²) in [4.78, 5) is 12.3. The number of rotatable bonds is 6. The Balaban J connectivity index is 1.87. The molecule has 0 spiro atoms. The highest BCUT2D eigenvalue weighted by Crippen LogP contribution is 2.29. The van der Waals surface area contributed by atoms with E-state index in [-0.39, 0.29) is 17.9 Å². The zero-order valence-corrected chi connectivity index (χ0v) is 13.6. The third-order valence-electron chi connectivity index (χ3n) is 3.93. The van der Waals surface area contributed by atoms with Crippen molar-refractivity contribution in [1.29, 1.82) is 0 Å². The van der Waals surface area contributed by atoms with E-state index >= 15 is 0 Å². The normalized spacial score (nSPS) is 18.5. The molecule has 1 heterocycles. The van der Waals surface area contributed by atoms with Gasteiger partial charge in [-0.3, -0.25) is 4.79 Å². The molecule has 1 amide bonds. The summed E-state index contributed by atoms with van der Waals surface area (Å²) in [7, 11) is 0. The molecule has 2 rings (SSSR count). The molecule has 116 valence electrons. The maximum Gasteiger partial charge on any atom is 0.227 e. The van der Waals surface area contributed by atoms with Gasteiger partial charge in [0, 0.05) is 11.1 Å². The molecule has 0 fully saturated rings. The average molecular weight is 310 g/mol. The summed E-state index contributed by atoms with van der Waals surface area (Å²) in [6.45, 7) is 4.70. The summed E-state index contributed by atoms with van der Waals surface area (Å²) in [5.41, 5.74) is 1.02. The molecule has 0 saturated carbocycles. The summed E-state index contributed by atoms with van der Waals surface area (Å²) in [6.07, 6.45) is 5.32. The van der Waals surface area contributed by atoms with Crippen LogP contribution in [0, 0.1) is 5.92 Å². The van der Waals surface area contributed by atoms with Gasteiger partial charge in [-0.15, -0.1) is 0 Å². The molecule has 4 heteroatoms. The number of hydrogen-bond acceptors (Lipinski definition) is 2. The summed E-state index contributed by atoms with van der Waals surface area (Å²) >= 11 is 6.00. The molecular weight excluding hydrogens is 286 g/mol. The first kappa shape index (κ1) is 16.2. The van der Waals surface area contributed by atoms with E-state index in [1.807, 2.05) is 18.2 Å². The predicted octanol–water partition coefficient (Wildman–Crippen LogP) is 3.98. The van der Waals surface area contributed by atoms with E-state index in [9.17, 15) is 4.79 Å². The Kier molecular flexibility index (Phi) is 5.92. The second kappa shape index (κ2) is 7.69. The van der Waals surface area contributed by atoms with Crippen LogP contribution in [0.25, 0.3) is 0 Å². The number of ether oxygens (including phenoxy) is 1. The van der Waals surface area contributed by atoms with Gasteiger partial charge in [0.15, 0.2) is 0 Å². The number of carbonyl (C=O) groups excluding carboxylic acids is 1. The van der Waals surface area contributed by atoms with Crippen molar-refractivity contribution in [1.82, 2.24) is 5.32 Å². The number of unbranched alkanes of at least 4 members (excludes halogenated alkanes) is 2. The minimum Gasteiger partial charge on any atom is -0.492 e. The van der Waals surface area contributed by atoms with Crippen LogP contribution in [0.3, 0.4) is 0 Å². The first-order valence-corrected chi connectivity index (χ1v) is 8.19. The van der Waals surface area contributed by atoms with Crippen LogP contribution in [0.5, 0.6) is 5.75 Å². The van der Waals surface area contributed by atoms with Gasteiger partial charge in [0.2, 0.25) is 5.91 Å². The number of benzene rings is 1. The smallest absolute Gasteiger partial charge is 0.227 e.